The fourth-order valence-corrected chi connectivity index (χ4v) is 2.51. The van der Waals surface area contributed by atoms with E-state index in [0.29, 0.717) is 12.0 Å². The highest BCUT2D eigenvalue weighted by atomic mass is 19.4. The van der Waals surface area contributed by atoms with E-state index in [2.05, 4.69) is 5.43 Å². The van der Waals surface area contributed by atoms with E-state index in [-0.39, 0.29) is 24.4 Å². The summed E-state index contributed by atoms with van der Waals surface area (Å²) in [4.78, 5) is 11.2. The summed E-state index contributed by atoms with van der Waals surface area (Å²) in [5.74, 6) is -0.368. The topological polar surface area (TPSA) is 32.3 Å². The van der Waals surface area contributed by atoms with Crippen LogP contribution >= 0.6 is 0 Å². The van der Waals surface area contributed by atoms with Crippen LogP contribution in [0.3, 0.4) is 0 Å². The molecule has 2 rings (SSSR count). The van der Waals surface area contributed by atoms with E-state index in [9.17, 15) is 18.0 Å². The average Bonchev–Trinajstić information content (AvgIpc) is 2.77. The molecule has 110 valence electrons. The Morgan fingerprint density at radius 1 is 1.35 bits per heavy atom. The van der Waals surface area contributed by atoms with Crippen LogP contribution in [-0.4, -0.2) is 23.6 Å². The number of nitrogens with zero attached hydrogens (tertiary/aromatic N) is 1. The maximum atomic E-state index is 13.4. The van der Waals surface area contributed by atoms with Crippen molar-refractivity contribution in [1.82, 2.24) is 10.4 Å². The number of benzene rings is 1. The van der Waals surface area contributed by atoms with Crippen molar-refractivity contribution in [1.29, 1.82) is 0 Å². The molecule has 1 atom stereocenters. The number of rotatable bonds is 4. The fraction of sp³-hybridized carbons (Fsp3) is 0.500. The minimum Gasteiger partial charge on any atom is -0.288 e. The maximum Gasteiger partial charge on any atom is 0.409 e. The Kier molecular flexibility index (Phi) is 4.32. The van der Waals surface area contributed by atoms with Gasteiger partial charge in [-0.05, 0) is 17.5 Å². The van der Waals surface area contributed by atoms with Crippen LogP contribution in [0.25, 0.3) is 0 Å². The molecule has 1 amide bonds. The molecule has 1 aromatic carbocycles. The first-order chi connectivity index (χ1) is 9.43. The summed E-state index contributed by atoms with van der Waals surface area (Å²) in [5, 5.41) is 0.997. The highest BCUT2D eigenvalue weighted by molar-refractivity contribution is 5.77. The van der Waals surface area contributed by atoms with Gasteiger partial charge in [0.1, 0.15) is 6.04 Å². The minimum atomic E-state index is -4.43. The molecule has 1 heterocycles. The molecule has 3 nitrogen and oxygen atoms in total. The van der Waals surface area contributed by atoms with E-state index in [0.717, 1.165) is 11.4 Å². The standard InChI is InChI=1S/C14H17F3N2O/c1-2-5-10-6-3-4-7-11(10)13(14(15,16)17)19-9-8-12(20)18-19/h3-4,6-7,13H,2,5,8-9H2,1H3,(H,18,20)/t13-/m0/s1. The zero-order chi connectivity index (χ0) is 14.8. The van der Waals surface area contributed by atoms with E-state index in [1.807, 2.05) is 6.92 Å². The Morgan fingerprint density at radius 2 is 2.05 bits per heavy atom. The van der Waals surface area contributed by atoms with Gasteiger partial charge in [-0.1, -0.05) is 37.6 Å². The number of hydrogen-bond donors (Lipinski definition) is 1. The third-order valence-corrected chi connectivity index (χ3v) is 3.34. The van der Waals surface area contributed by atoms with Crippen LogP contribution in [0.2, 0.25) is 0 Å². The Bertz CT molecular complexity index is 488. The highest BCUT2D eigenvalue weighted by Crippen LogP contribution is 2.39. The molecular weight excluding hydrogens is 269 g/mol. The van der Waals surface area contributed by atoms with Gasteiger partial charge in [-0.2, -0.15) is 13.2 Å². The first kappa shape index (κ1) is 14.8. The first-order valence-corrected chi connectivity index (χ1v) is 6.64. The molecule has 0 radical (unpaired) electrons. The van der Waals surface area contributed by atoms with Crippen LogP contribution in [0.15, 0.2) is 24.3 Å². The van der Waals surface area contributed by atoms with Crippen LogP contribution in [0.4, 0.5) is 13.2 Å². The van der Waals surface area contributed by atoms with Crippen molar-refractivity contribution in [2.24, 2.45) is 0 Å². The Labute approximate surface area is 115 Å². The fourth-order valence-electron chi connectivity index (χ4n) is 2.51. The summed E-state index contributed by atoms with van der Waals surface area (Å²) in [6, 6.07) is 4.77. The molecule has 0 bridgehead atoms. The summed E-state index contributed by atoms with van der Waals surface area (Å²) >= 11 is 0. The Morgan fingerprint density at radius 3 is 2.60 bits per heavy atom. The van der Waals surface area contributed by atoms with Crippen LogP contribution < -0.4 is 5.43 Å². The van der Waals surface area contributed by atoms with Gasteiger partial charge in [0.05, 0.1) is 0 Å². The molecule has 6 heteroatoms. The number of hydrogen-bond acceptors (Lipinski definition) is 2. The number of nitrogens with one attached hydrogen (secondary N) is 1. The van der Waals surface area contributed by atoms with Crippen molar-refractivity contribution in [3.05, 3.63) is 35.4 Å². The number of amides is 1. The summed E-state index contributed by atoms with van der Waals surface area (Å²) in [5.41, 5.74) is 3.21. The van der Waals surface area contributed by atoms with Crippen LogP contribution in [0.5, 0.6) is 0 Å². The third kappa shape index (κ3) is 3.12. The van der Waals surface area contributed by atoms with E-state index in [1.54, 1.807) is 18.2 Å². The highest BCUT2D eigenvalue weighted by Gasteiger charge is 2.47. The lowest BCUT2D eigenvalue weighted by Crippen LogP contribution is -2.44. The molecule has 20 heavy (non-hydrogen) atoms. The van der Waals surface area contributed by atoms with Crippen LogP contribution in [0, 0.1) is 0 Å². The lowest BCUT2D eigenvalue weighted by Gasteiger charge is -2.30. The number of aryl methyl sites for hydroxylation is 1. The molecule has 0 aliphatic carbocycles. The summed E-state index contributed by atoms with van der Waals surface area (Å²) in [7, 11) is 0. The van der Waals surface area contributed by atoms with E-state index in [1.165, 1.54) is 6.07 Å². The summed E-state index contributed by atoms with van der Waals surface area (Å²) in [6.45, 7) is 2.00. The summed E-state index contributed by atoms with van der Waals surface area (Å²) < 4.78 is 40.2. The number of carbonyl (C=O) groups is 1. The van der Waals surface area contributed by atoms with Gasteiger partial charge in [-0.15, -0.1) is 0 Å². The molecule has 1 saturated heterocycles. The van der Waals surface area contributed by atoms with Crippen LogP contribution in [0.1, 0.15) is 36.9 Å². The second-order valence-corrected chi connectivity index (χ2v) is 4.87. The van der Waals surface area contributed by atoms with Gasteiger partial charge < -0.3 is 0 Å². The maximum absolute atomic E-state index is 13.4. The molecule has 0 unspecified atom stereocenters. The molecule has 1 aromatic rings. The molecule has 1 aliphatic heterocycles. The number of hydrazine groups is 1. The molecule has 1 fully saturated rings. The van der Waals surface area contributed by atoms with E-state index in [4.69, 9.17) is 0 Å². The average molecular weight is 286 g/mol. The molecule has 1 N–H and O–H groups in total. The van der Waals surface area contributed by atoms with Gasteiger partial charge in [0.25, 0.3) is 0 Å². The molecule has 0 spiro atoms. The van der Waals surface area contributed by atoms with Gasteiger partial charge in [0.15, 0.2) is 0 Å². The van der Waals surface area contributed by atoms with Crippen LogP contribution in [-0.2, 0) is 11.2 Å². The number of alkyl halides is 3. The third-order valence-electron chi connectivity index (χ3n) is 3.34. The van der Waals surface area contributed by atoms with Crippen molar-refractivity contribution >= 4 is 5.91 Å². The zero-order valence-electron chi connectivity index (χ0n) is 11.2. The Hall–Kier alpha value is -1.56. The first-order valence-electron chi connectivity index (χ1n) is 6.64. The van der Waals surface area contributed by atoms with Crippen molar-refractivity contribution in [2.75, 3.05) is 6.54 Å². The molecule has 1 aliphatic rings. The second kappa shape index (κ2) is 5.83. The summed E-state index contributed by atoms with van der Waals surface area (Å²) in [6.07, 6.45) is -2.97. The van der Waals surface area contributed by atoms with Gasteiger partial charge >= 0.3 is 6.18 Å². The zero-order valence-corrected chi connectivity index (χ0v) is 11.2. The Balaban J connectivity index is 2.39. The monoisotopic (exact) mass is 286 g/mol. The van der Waals surface area contributed by atoms with Crippen molar-refractivity contribution in [3.8, 4) is 0 Å². The quantitative estimate of drug-likeness (QED) is 0.923. The lowest BCUT2D eigenvalue weighted by molar-refractivity contribution is -0.191. The largest absolute Gasteiger partial charge is 0.409 e. The van der Waals surface area contributed by atoms with E-state index >= 15 is 0 Å². The second-order valence-electron chi connectivity index (χ2n) is 4.87. The SMILES string of the molecule is CCCc1ccccc1[C@H](N1CCC(=O)N1)C(F)(F)F. The lowest BCUT2D eigenvalue weighted by atomic mass is 9.96. The van der Waals surface area contributed by atoms with Crippen molar-refractivity contribution in [3.63, 3.8) is 0 Å². The van der Waals surface area contributed by atoms with Gasteiger partial charge in [-0.25, -0.2) is 5.01 Å². The normalized spacial score (nSPS) is 18.1. The van der Waals surface area contributed by atoms with Crippen molar-refractivity contribution in [2.45, 2.75) is 38.4 Å². The minimum absolute atomic E-state index is 0.0729. The van der Waals surface area contributed by atoms with E-state index < -0.39 is 12.2 Å². The smallest absolute Gasteiger partial charge is 0.288 e. The molecular formula is C14H17F3N2O. The molecule has 0 saturated carbocycles. The predicted molar refractivity (Wildman–Crippen MR) is 68.7 cm³/mol. The predicted octanol–water partition coefficient (Wildman–Crippen LogP) is 2.98. The van der Waals surface area contributed by atoms with Gasteiger partial charge in [-0.3, -0.25) is 10.2 Å². The molecule has 0 aromatic heterocycles. The number of halogens is 3. The van der Waals surface area contributed by atoms with Gasteiger partial charge in [0.2, 0.25) is 5.91 Å². The van der Waals surface area contributed by atoms with Gasteiger partial charge in [0, 0.05) is 13.0 Å². The number of carbonyl (C=O) groups excluding carboxylic acids is 1. The van der Waals surface area contributed by atoms with Crippen molar-refractivity contribution < 1.29 is 18.0 Å².